The van der Waals surface area contributed by atoms with Crippen LogP contribution in [0, 0.1) is 6.92 Å². The SMILES string of the molecule is C=Cc1cncc(C(C)C)c1C. The van der Waals surface area contributed by atoms with Crippen LogP contribution in [0.15, 0.2) is 19.0 Å². The molecule has 1 nitrogen and oxygen atoms in total. The van der Waals surface area contributed by atoms with Crippen molar-refractivity contribution in [2.45, 2.75) is 26.7 Å². The molecular weight excluding hydrogens is 146 g/mol. The number of hydrogen-bond acceptors (Lipinski definition) is 1. The van der Waals surface area contributed by atoms with E-state index in [2.05, 4.69) is 32.3 Å². The molecule has 0 radical (unpaired) electrons. The fourth-order valence-electron chi connectivity index (χ4n) is 1.35. The van der Waals surface area contributed by atoms with Crippen LogP contribution < -0.4 is 0 Å². The molecule has 1 aromatic heterocycles. The molecule has 0 atom stereocenters. The van der Waals surface area contributed by atoms with Crippen molar-refractivity contribution in [2.24, 2.45) is 0 Å². The second-order valence-electron chi connectivity index (χ2n) is 3.30. The van der Waals surface area contributed by atoms with Crippen LogP contribution in [-0.4, -0.2) is 4.98 Å². The van der Waals surface area contributed by atoms with Crippen molar-refractivity contribution < 1.29 is 0 Å². The Morgan fingerprint density at radius 3 is 2.58 bits per heavy atom. The largest absolute Gasteiger partial charge is 0.264 e. The van der Waals surface area contributed by atoms with Gasteiger partial charge in [-0.1, -0.05) is 26.5 Å². The van der Waals surface area contributed by atoms with E-state index in [0.29, 0.717) is 5.92 Å². The van der Waals surface area contributed by atoms with Gasteiger partial charge in [0.15, 0.2) is 0 Å². The lowest BCUT2D eigenvalue weighted by molar-refractivity contribution is 0.846. The van der Waals surface area contributed by atoms with Crippen molar-refractivity contribution in [3.63, 3.8) is 0 Å². The molecule has 12 heavy (non-hydrogen) atoms. The first kappa shape index (κ1) is 8.98. The van der Waals surface area contributed by atoms with Crippen molar-refractivity contribution in [1.29, 1.82) is 0 Å². The van der Waals surface area contributed by atoms with Crippen LogP contribution >= 0.6 is 0 Å². The Morgan fingerprint density at radius 2 is 2.08 bits per heavy atom. The summed E-state index contributed by atoms with van der Waals surface area (Å²) in [5.74, 6) is 0.539. The van der Waals surface area contributed by atoms with Gasteiger partial charge in [0.2, 0.25) is 0 Å². The van der Waals surface area contributed by atoms with E-state index in [9.17, 15) is 0 Å². The molecule has 0 bridgehead atoms. The molecule has 1 rings (SSSR count). The quantitative estimate of drug-likeness (QED) is 0.649. The van der Waals surface area contributed by atoms with Gasteiger partial charge in [-0.05, 0) is 29.5 Å². The van der Waals surface area contributed by atoms with Gasteiger partial charge in [-0.15, -0.1) is 0 Å². The Morgan fingerprint density at radius 1 is 1.42 bits per heavy atom. The Hall–Kier alpha value is -1.11. The Balaban J connectivity index is 3.22. The maximum absolute atomic E-state index is 4.17. The van der Waals surface area contributed by atoms with Gasteiger partial charge in [-0.2, -0.15) is 0 Å². The van der Waals surface area contributed by atoms with Crippen LogP contribution in [-0.2, 0) is 0 Å². The second kappa shape index (κ2) is 3.53. The van der Waals surface area contributed by atoms with Gasteiger partial charge in [0, 0.05) is 12.4 Å². The average molecular weight is 161 g/mol. The summed E-state index contributed by atoms with van der Waals surface area (Å²) in [6.45, 7) is 10.2. The molecule has 64 valence electrons. The highest BCUT2D eigenvalue weighted by atomic mass is 14.6. The van der Waals surface area contributed by atoms with Crippen LogP contribution in [0.1, 0.15) is 36.5 Å². The van der Waals surface area contributed by atoms with Gasteiger partial charge in [0.1, 0.15) is 0 Å². The summed E-state index contributed by atoms with van der Waals surface area (Å²) in [7, 11) is 0. The standard InChI is InChI=1S/C11H15N/c1-5-10-6-12-7-11(8(2)3)9(10)4/h5-8H,1H2,2-4H3. The number of hydrogen-bond donors (Lipinski definition) is 0. The van der Waals surface area contributed by atoms with Crippen LogP contribution in [0.25, 0.3) is 6.08 Å². The molecular formula is C11H15N. The van der Waals surface area contributed by atoms with E-state index in [1.54, 1.807) is 0 Å². The fourth-order valence-corrected chi connectivity index (χ4v) is 1.35. The lowest BCUT2D eigenvalue weighted by Crippen LogP contribution is -1.95. The summed E-state index contributed by atoms with van der Waals surface area (Å²) in [4.78, 5) is 4.17. The zero-order valence-electron chi connectivity index (χ0n) is 7.96. The first-order valence-electron chi connectivity index (χ1n) is 4.23. The summed E-state index contributed by atoms with van der Waals surface area (Å²) in [5, 5.41) is 0. The number of aromatic nitrogens is 1. The number of pyridine rings is 1. The summed E-state index contributed by atoms with van der Waals surface area (Å²) >= 11 is 0. The van der Waals surface area contributed by atoms with Crippen LogP contribution in [0.4, 0.5) is 0 Å². The lowest BCUT2D eigenvalue weighted by Gasteiger charge is -2.10. The molecule has 1 heteroatoms. The van der Waals surface area contributed by atoms with Gasteiger partial charge < -0.3 is 0 Å². The predicted octanol–water partition coefficient (Wildman–Crippen LogP) is 3.16. The smallest absolute Gasteiger partial charge is 0.0342 e. The molecule has 1 aromatic rings. The predicted molar refractivity (Wildman–Crippen MR) is 53.2 cm³/mol. The second-order valence-corrected chi connectivity index (χ2v) is 3.30. The molecule has 0 N–H and O–H groups in total. The highest BCUT2D eigenvalue weighted by Crippen LogP contribution is 2.20. The zero-order valence-corrected chi connectivity index (χ0v) is 7.96. The van der Waals surface area contributed by atoms with Crippen LogP contribution in [0.2, 0.25) is 0 Å². The van der Waals surface area contributed by atoms with Crippen LogP contribution in [0.5, 0.6) is 0 Å². The van der Waals surface area contributed by atoms with Crippen molar-refractivity contribution in [2.75, 3.05) is 0 Å². The van der Waals surface area contributed by atoms with Crippen molar-refractivity contribution >= 4 is 6.08 Å². The molecule has 0 aliphatic heterocycles. The van der Waals surface area contributed by atoms with Crippen LogP contribution in [0.3, 0.4) is 0 Å². The van der Waals surface area contributed by atoms with E-state index >= 15 is 0 Å². The Kier molecular flexibility index (Phi) is 2.64. The van der Waals surface area contributed by atoms with Gasteiger partial charge in [-0.3, -0.25) is 4.98 Å². The lowest BCUT2D eigenvalue weighted by atomic mass is 9.97. The third-order valence-corrected chi connectivity index (χ3v) is 2.14. The molecule has 1 heterocycles. The molecule has 0 saturated carbocycles. The zero-order chi connectivity index (χ0) is 9.14. The third-order valence-electron chi connectivity index (χ3n) is 2.14. The van der Waals surface area contributed by atoms with Gasteiger partial charge in [-0.25, -0.2) is 0 Å². The summed E-state index contributed by atoms with van der Waals surface area (Å²) in [6, 6.07) is 0. The maximum Gasteiger partial charge on any atom is 0.0342 e. The Labute approximate surface area is 74.2 Å². The molecule has 0 aliphatic rings. The van der Waals surface area contributed by atoms with E-state index in [4.69, 9.17) is 0 Å². The molecule has 0 spiro atoms. The van der Waals surface area contributed by atoms with E-state index in [-0.39, 0.29) is 0 Å². The topological polar surface area (TPSA) is 12.9 Å². The van der Waals surface area contributed by atoms with Gasteiger partial charge >= 0.3 is 0 Å². The first-order chi connectivity index (χ1) is 5.66. The number of rotatable bonds is 2. The van der Waals surface area contributed by atoms with E-state index < -0.39 is 0 Å². The highest BCUT2D eigenvalue weighted by Gasteiger charge is 2.05. The van der Waals surface area contributed by atoms with Gasteiger partial charge in [0.05, 0.1) is 0 Å². The van der Waals surface area contributed by atoms with Crippen molar-refractivity contribution in [3.05, 3.63) is 35.7 Å². The van der Waals surface area contributed by atoms with Crippen molar-refractivity contribution in [3.8, 4) is 0 Å². The highest BCUT2D eigenvalue weighted by molar-refractivity contribution is 5.52. The molecule has 0 unspecified atom stereocenters. The molecule has 0 fully saturated rings. The molecule has 0 saturated heterocycles. The van der Waals surface area contributed by atoms with Crippen molar-refractivity contribution in [1.82, 2.24) is 4.98 Å². The van der Waals surface area contributed by atoms with Gasteiger partial charge in [0.25, 0.3) is 0 Å². The summed E-state index contributed by atoms with van der Waals surface area (Å²) in [5.41, 5.74) is 3.75. The Bertz CT molecular complexity index is 287. The molecule has 0 aliphatic carbocycles. The van der Waals surface area contributed by atoms with E-state index in [1.807, 2.05) is 18.5 Å². The average Bonchev–Trinajstić information content (AvgIpc) is 2.04. The third kappa shape index (κ3) is 1.55. The summed E-state index contributed by atoms with van der Waals surface area (Å²) < 4.78 is 0. The summed E-state index contributed by atoms with van der Waals surface area (Å²) in [6.07, 6.45) is 5.65. The monoisotopic (exact) mass is 161 g/mol. The minimum Gasteiger partial charge on any atom is -0.264 e. The van der Waals surface area contributed by atoms with E-state index in [0.717, 1.165) is 5.56 Å². The van der Waals surface area contributed by atoms with E-state index in [1.165, 1.54) is 11.1 Å². The maximum atomic E-state index is 4.17. The minimum atomic E-state index is 0.539. The number of nitrogens with zero attached hydrogens (tertiary/aromatic N) is 1. The molecule has 0 amide bonds. The minimum absolute atomic E-state index is 0.539. The fraction of sp³-hybridized carbons (Fsp3) is 0.364. The molecule has 0 aromatic carbocycles. The normalized spacial score (nSPS) is 10.3. The first-order valence-corrected chi connectivity index (χ1v) is 4.23.